The van der Waals surface area contributed by atoms with Crippen molar-refractivity contribution in [3.05, 3.63) is 15.8 Å². The Morgan fingerprint density at radius 2 is 1.86 bits per heavy atom. The van der Waals surface area contributed by atoms with E-state index in [0.29, 0.717) is 4.88 Å². The molecular weight excluding hydrogens is 330 g/mol. The van der Waals surface area contributed by atoms with Crippen LogP contribution in [-0.4, -0.2) is 60.8 Å². The molecule has 1 aliphatic rings. The third kappa shape index (κ3) is 3.51. The van der Waals surface area contributed by atoms with Crippen LogP contribution < -0.4 is 4.72 Å². The third-order valence-electron chi connectivity index (χ3n) is 3.71. The highest BCUT2D eigenvalue weighted by Gasteiger charge is 2.42. The molecule has 0 amide bonds. The Balaban J connectivity index is 2.07. The minimum absolute atomic E-state index is 0.189. The fourth-order valence-corrected chi connectivity index (χ4v) is 5.05. The first-order chi connectivity index (χ1) is 10.1. The zero-order valence-electron chi connectivity index (χ0n) is 12.6. The first-order valence-corrected chi connectivity index (χ1v) is 9.20. The van der Waals surface area contributed by atoms with E-state index in [2.05, 4.69) is 4.72 Å². The largest absolute Gasteiger partial charge is 0.388 e. The fourth-order valence-electron chi connectivity index (χ4n) is 2.45. The molecule has 1 saturated heterocycles. The highest BCUT2D eigenvalue weighted by molar-refractivity contribution is 7.89. The molecule has 1 aromatic rings. The molecule has 1 aliphatic heterocycles. The maximum Gasteiger partial charge on any atom is 0.241 e. The van der Waals surface area contributed by atoms with Gasteiger partial charge in [-0.05, 0) is 26.8 Å². The van der Waals surface area contributed by atoms with Crippen LogP contribution in [0.1, 0.15) is 16.7 Å². The Kier molecular flexibility index (Phi) is 5.27. The summed E-state index contributed by atoms with van der Waals surface area (Å²) in [7, 11) is -3.72. The second kappa shape index (κ2) is 6.52. The van der Waals surface area contributed by atoms with Crippen LogP contribution in [0.15, 0.2) is 11.0 Å². The van der Waals surface area contributed by atoms with Crippen LogP contribution in [0.5, 0.6) is 0 Å². The molecule has 0 radical (unpaired) electrons. The van der Waals surface area contributed by atoms with E-state index in [1.807, 2.05) is 6.92 Å². The third-order valence-corrected chi connectivity index (χ3v) is 6.36. The van der Waals surface area contributed by atoms with Crippen molar-refractivity contribution in [3.8, 4) is 0 Å². The summed E-state index contributed by atoms with van der Waals surface area (Å²) in [6.45, 7) is 4.91. The summed E-state index contributed by atoms with van der Waals surface area (Å²) in [5.74, 6) is 0. The van der Waals surface area contributed by atoms with Crippen molar-refractivity contribution in [3.63, 3.8) is 0 Å². The zero-order valence-corrected chi connectivity index (χ0v) is 14.2. The van der Waals surface area contributed by atoms with E-state index in [4.69, 9.17) is 4.74 Å². The fraction of sp³-hybridized carbons (Fsp3) is 0.692. The number of aliphatic hydroxyl groups is 3. The van der Waals surface area contributed by atoms with Crippen molar-refractivity contribution in [1.82, 2.24) is 4.72 Å². The Morgan fingerprint density at radius 1 is 1.23 bits per heavy atom. The number of hydrogen-bond acceptors (Lipinski definition) is 7. The summed E-state index contributed by atoms with van der Waals surface area (Å²) in [6, 6.07) is 1.59. The van der Waals surface area contributed by atoms with Crippen LogP contribution in [0.4, 0.5) is 0 Å². The molecule has 0 aromatic carbocycles. The average Bonchev–Trinajstić information content (AvgIpc) is 2.79. The molecule has 0 saturated carbocycles. The van der Waals surface area contributed by atoms with Gasteiger partial charge in [-0.2, -0.15) is 0 Å². The molecule has 0 spiro atoms. The summed E-state index contributed by atoms with van der Waals surface area (Å²) in [5.41, 5.74) is 0. The first-order valence-electron chi connectivity index (χ1n) is 6.90. The van der Waals surface area contributed by atoms with E-state index in [0.717, 1.165) is 4.88 Å². The van der Waals surface area contributed by atoms with Gasteiger partial charge in [0.15, 0.2) is 0 Å². The van der Waals surface area contributed by atoms with E-state index in [9.17, 15) is 23.7 Å². The SMILES string of the molecule is Cc1cc(S(=O)(=O)NC[C@H]2OC(C)[C@@H](O)C(O)C2O)c(C)s1. The molecule has 126 valence electrons. The smallest absolute Gasteiger partial charge is 0.241 e. The molecule has 1 fully saturated rings. The lowest BCUT2D eigenvalue weighted by atomic mass is 9.96. The second-order valence-corrected chi connectivity index (χ2v) is 8.68. The highest BCUT2D eigenvalue weighted by atomic mass is 32.2. The van der Waals surface area contributed by atoms with E-state index in [1.165, 1.54) is 11.3 Å². The molecular formula is C13H21NO6S2. The molecule has 22 heavy (non-hydrogen) atoms. The van der Waals surface area contributed by atoms with Crippen molar-refractivity contribution in [1.29, 1.82) is 0 Å². The van der Waals surface area contributed by atoms with Crippen LogP contribution in [0, 0.1) is 13.8 Å². The molecule has 4 N–H and O–H groups in total. The van der Waals surface area contributed by atoms with Crippen LogP contribution in [0.2, 0.25) is 0 Å². The van der Waals surface area contributed by atoms with Gasteiger partial charge in [-0.3, -0.25) is 0 Å². The molecule has 9 heteroatoms. The topological polar surface area (TPSA) is 116 Å². The summed E-state index contributed by atoms with van der Waals surface area (Å²) in [4.78, 5) is 1.77. The molecule has 3 unspecified atom stereocenters. The quantitative estimate of drug-likeness (QED) is 0.582. The molecule has 0 aliphatic carbocycles. The highest BCUT2D eigenvalue weighted by Crippen LogP contribution is 2.25. The van der Waals surface area contributed by atoms with E-state index >= 15 is 0 Å². The van der Waals surface area contributed by atoms with Gasteiger partial charge in [0.1, 0.15) is 24.4 Å². The lowest BCUT2D eigenvalue weighted by Gasteiger charge is -2.39. The maximum absolute atomic E-state index is 12.3. The predicted octanol–water partition coefficient (Wildman–Crippen LogP) is -0.487. The molecule has 2 rings (SSSR count). The lowest BCUT2D eigenvalue weighted by molar-refractivity contribution is -0.214. The van der Waals surface area contributed by atoms with Crippen molar-refractivity contribution in [2.75, 3.05) is 6.54 Å². The lowest BCUT2D eigenvalue weighted by Crippen LogP contribution is -2.59. The van der Waals surface area contributed by atoms with Crippen LogP contribution >= 0.6 is 11.3 Å². The van der Waals surface area contributed by atoms with Crippen LogP contribution in [0.25, 0.3) is 0 Å². The number of ether oxygens (including phenoxy) is 1. The van der Waals surface area contributed by atoms with Gasteiger partial charge in [-0.15, -0.1) is 11.3 Å². The molecule has 7 nitrogen and oxygen atoms in total. The molecule has 0 bridgehead atoms. The van der Waals surface area contributed by atoms with Crippen molar-refractivity contribution in [2.45, 2.75) is 56.2 Å². The Hall–Kier alpha value is -0.550. The van der Waals surface area contributed by atoms with Gasteiger partial charge in [-0.1, -0.05) is 0 Å². The average molecular weight is 351 g/mol. The van der Waals surface area contributed by atoms with Crippen LogP contribution in [-0.2, 0) is 14.8 Å². The number of sulfonamides is 1. The maximum atomic E-state index is 12.3. The molecule has 2 heterocycles. The number of nitrogens with one attached hydrogen (secondary N) is 1. The molecule has 5 atom stereocenters. The Morgan fingerprint density at radius 3 is 2.41 bits per heavy atom. The predicted molar refractivity (Wildman–Crippen MR) is 81.3 cm³/mol. The minimum atomic E-state index is -3.72. The summed E-state index contributed by atoms with van der Waals surface area (Å²) in [6.07, 6.45) is -5.56. The summed E-state index contributed by atoms with van der Waals surface area (Å²) in [5, 5.41) is 29.2. The normalized spacial score (nSPS) is 33.1. The van der Waals surface area contributed by atoms with Crippen molar-refractivity contribution >= 4 is 21.4 Å². The number of aryl methyl sites for hydroxylation is 2. The summed E-state index contributed by atoms with van der Waals surface area (Å²) >= 11 is 1.39. The van der Waals surface area contributed by atoms with E-state index in [1.54, 1.807) is 19.9 Å². The first kappa shape index (κ1) is 17.8. The van der Waals surface area contributed by atoms with Gasteiger partial charge in [0.05, 0.1) is 11.0 Å². The number of hydrogen-bond donors (Lipinski definition) is 4. The number of thiophene rings is 1. The van der Waals surface area contributed by atoms with Gasteiger partial charge in [0, 0.05) is 16.3 Å². The van der Waals surface area contributed by atoms with Crippen molar-refractivity contribution < 1.29 is 28.5 Å². The second-order valence-electron chi connectivity index (χ2n) is 5.48. The van der Waals surface area contributed by atoms with Gasteiger partial charge in [-0.25, -0.2) is 13.1 Å². The van der Waals surface area contributed by atoms with Crippen LogP contribution in [0.3, 0.4) is 0 Å². The monoisotopic (exact) mass is 351 g/mol. The van der Waals surface area contributed by atoms with Gasteiger partial charge in [0.2, 0.25) is 10.0 Å². The number of aliphatic hydroxyl groups excluding tert-OH is 3. The van der Waals surface area contributed by atoms with E-state index < -0.39 is 40.5 Å². The standard InChI is InChI=1S/C13H21NO6S2/c1-6-4-10(8(3)21-6)22(18,19)14-5-9-12(16)13(17)11(15)7(2)20-9/h4,7,9,11-17H,5H2,1-3H3/t7?,9-,11-,12?,13?/m1/s1. The Labute approximate surface area is 133 Å². The zero-order chi connectivity index (χ0) is 16.7. The summed E-state index contributed by atoms with van der Waals surface area (Å²) < 4.78 is 32.3. The van der Waals surface area contributed by atoms with Crippen molar-refractivity contribution in [2.24, 2.45) is 0 Å². The Bertz CT molecular complexity index is 628. The van der Waals surface area contributed by atoms with Gasteiger partial charge in [0.25, 0.3) is 0 Å². The van der Waals surface area contributed by atoms with Gasteiger partial charge >= 0.3 is 0 Å². The van der Waals surface area contributed by atoms with E-state index in [-0.39, 0.29) is 11.4 Å². The van der Waals surface area contributed by atoms with Gasteiger partial charge < -0.3 is 20.1 Å². The molecule has 1 aromatic heterocycles. The minimum Gasteiger partial charge on any atom is -0.388 e. The number of rotatable bonds is 4.